The minimum Gasteiger partial charge on any atom is -0.373 e. The lowest BCUT2D eigenvalue weighted by atomic mass is 10.2. The second kappa shape index (κ2) is 8.15. The second-order valence-corrected chi connectivity index (χ2v) is 6.12. The van der Waals surface area contributed by atoms with Crippen molar-refractivity contribution in [2.75, 3.05) is 31.5 Å². The number of anilines is 1. The van der Waals surface area contributed by atoms with Gasteiger partial charge in [-0.15, -0.1) is 0 Å². The Kier molecular flexibility index (Phi) is 6.21. The molecule has 0 saturated carbocycles. The molecule has 1 aliphatic rings. The molecule has 0 aliphatic carbocycles. The number of ether oxygens (including phenoxy) is 1. The van der Waals surface area contributed by atoms with Crippen LogP contribution in [0, 0.1) is 6.92 Å². The predicted molar refractivity (Wildman–Crippen MR) is 89.3 cm³/mol. The van der Waals surface area contributed by atoms with Crippen molar-refractivity contribution in [3.05, 3.63) is 29.8 Å². The van der Waals surface area contributed by atoms with Gasteiger partial charge in [0.2, 0.25) is 0 Å². The zero-order valence-corrected chi connectivity index (χ0v) is 13.8. The van der Waals surface area contributed by atoms with Gasteiger partial charge in [-0.2, -0.15) is 0 Å². The van der Waals surface area contributed by atoms with Crippen LogP contribution in [-0.4, -0.2) is 49.3 Å². The van der Waals surface area contributed by atoms with E-state index in [0.717, 1.165) is 31.7 Å². The fourth-order valence-corrected chi connectivity index (χ4v) is 2.78. The number of hydrogen-bond acceptors (Lipinski definition) is 3. The molecule has 0 radical (unpaired) electrons. The Morgan fingerprint density at radius 1 is 1.23 bits per heavy atom. The quantitative estimate of drug-likeness (QED) is 0.822. The van der Waals surface area contributed by atoms with E-state index in [-0.39, 0.29) is 6.03 Å². The van der Waals surface area contributed by atoms with Crippen LogP contribution in [0.15, 0.2) is 24.3 Å². The predicted octanol–water partition coefficient (Wildman–Crippen LogP) is 2.62. The van der Waals surface area contributed by atoms with Gasteiger partial charge in [0.15, 0.2) is 0 Å². The summed E-state index contributed by atoms with van der Waals surface area (Å²) in [5, 5.41) is 5.74. The van der Waals surface area contributed by atoms with Gasteiger partial charge in [-0.25, -0.2) is 4.79 Å². The summed E-state index contributed by atoms with van der Waals surface area (Å²) < 4.78 is 5.71. The summed E-state index contributed by atoms with van der Waals surface area (Å²) in [7, 11) is 0. The number of carbonyl (C=O) groups excluding carboxylic acids is 1. The summed E-state index contributed by atoms with van der Waals surface area (Å²) in [4.78, 5) is 14.2. The van der Waals surface area contributed by atoms with Crippen LogP contribution < -0.4 is 10.6 Å². The number of nitrogens with one attached hydrogen (secondary N) is 2. The molecule has 1 aliphatic heterocycles. The number of hydrogen-bond donors (Lipinski definition) is 2. The van der Waals surface area contributed by atoms with Crippen molar-refractivity contribution >= 4 is 11.7 Å². The summed E-state index contributed by atoms with van der Waals surface area (Å²) in [5.74, 6) is 0. The highest BCUT2D eigenvalue weighted by Gasteiger charge is 2.21. The van der Waals surface area contributed by atoms with Crippen LogP contribution in [0.4, 0.5) is 10.5 Å². The van der Waals surface area contributed by atoms with Crippen LogP contribution in [0.5, 0.6) is 0 Å². The number of rotatable bonds is 5. The number of urea groups is 1. The van der Waals surface area contributed by atoms with Gasteiger partial charge in [-0.05, 0) is 39.3 Å². The highest BCUT2D eigenvalue weighted by atomic mass is 16.5. The fraction of sp³-hybridized carbons (Fsp3) is 0.588. The molecule has 122 valence electrons. The summed E-state index contributed by atoms with van der Waals surface area (Å²) in [5.41, 5.74) is 2.00. The van der Waals surface area contributed by atoms with Gasteiger partial charge in [-0.3, -0.25) is 4.90 Å². The smallest absolute Gasteiger partial charge is 0.319 e. The van der Waals surface area contributed by atoms with Gasteiger partial charge in [-0.1, -0.05) is 17.7 Å². The lowest BCUT2D eigenvalue weighted by Gasteiger charge is -2.35. The lowest BCUT2D eigenvalue weighted by molar-refractivity contribution is -0.0679. The van der Waals surface area contributed by atoms with Crippen LogP contribution in [0.1, 0.15) is 25.8 Å². The van der Waals surface area contributed by atoms with Gasteiger partial charge in [0.25, 0.3) is 0 Å². The minimum absolute atomic E-state index is 0.146. The van der Waals surface area contributed by atoms with E-state index in [1.807, 2.05) is 31.2 Å². The van der Waals surface area contributed by atoms with Crippen LogP contribution in [0.25, 0.3) is 0 Å². The van der Waals surface area contributed by atoms with Crippen LogP contribution >= 0.6 is 0 Å². The molecule has 1 heterocycles. The average Bonchev–Trinajstić information content (AvgIpc) is 2.45. The molecule has 2 N–H and O–H groups in total. The van der Waals surface area contributed by atoms with Gasteiger partial charge in [0, 0.05) is 31.9 Å². The van der Waals surface area contributed by atoms with Crippen LogP contribution in [0.3, 0.4) is 0 Å². The van der Waals surface area contributed by atoms with E-state index in [1.165, 1.54) is 5.56 Å². The van der Waals surface area contributed by atoms with Gasteiger partial charge in [0.1, 0.15) is 0 Å². The number of benzene rings is 1. The topological polar surface area (TPSA) is 53.6 Å². The molecule has 2 amide bonds. The van der Waals surface area contributed by atoms with Gasteiger partial charge in [0.05, 0.1) is 12.2 Å². The molecule has 1 fully saturated rings. The maximum absolute atomic E-state index is 11.8. The maximum atomic E-state index is 11.8. The number of morpholine rings is 1. The Morgan fingerprint density at radius 3 is 2.50 bits per heavy atom. The van der Waals surface area contributed by atoms with E-state index >= 15 is 0 Å². The van der Waals surface area contributed by atoms with Crippen molar-refractivity contribution in [2.24, 2.45) is 0 Å². The number of amides is 2. The van der Waals surface area contributed by atoms with Gasteiger partial charge < -0.3 is 15.4 Å². The molecule has 1 saturated heterocycles. The molecule has 5 nitrogen and oxygen atoms in total. The zero-order valence-electron chi connectivity index (χ0n) is 13.8. The second-order valence-electron chi connectivity index (χ2n) is 6.12. The molecule has 0 aromatic heterocycles. The van der Waals surface area contributed by atoms with Crippen molar-refractivity contribution in [2.45, 2.75) is 39.4 Å². The zero-order chi connectivity index (χ0) is 15.9. The first-order valence-electron chi connectivity index (χ1n) is 8.02. The van der Waals surface area contributed by atoms with Crippen molar-refractivity contribution < 1.29 is 9.53 Å². The molecular weight excluding hydrogens is 278 g/mol. The Labute approximate surface area is 133 Å². The first-order chi connectivity index (χ1) is 10.5. The normalized spacial score (nSPS) is 22.3. The molecule has 1 aromatic rings. The molecule has 2 atom stereocenters. The minimum atomic E-state index is -0.146. The Morgan fingerprint density at radius 2 is 1.86 bits per heavy atom. The first-order valence-corrected chi connectivity index (χ1v) is 8.02. The first kappa shape index (κ1) is 16.8. The van der Waals surface area contributed by atoms with Crippen molar-refractivity contribution in [1.29, 1.82) is 0 Å². The number of aryl methyl sites for hydroxylation is 1. The molecule has 5 heteroatoms. The molecule has 22 heavy (non-hydrogen) atoms. The van der Waals surface area contributed by atoms with E-state index in [0.29, 0.717) is 18.8 Å². The third kappa shape index (κ3) is 5.66. The van der Waals surface area contributed by atoms with E-state index in [4.69, 9.17) is 4.74 Å². The molecule has 2 unspecified atom stereocenters. The maximum Gasteiger partial charge on any atom is 0.319 e. The third-order valence-corrected chi connectivity index (χ3v) is 3.74. The Balaban J connectivity index is 1.62. The standard InChI is InChI=1S/C17H27N3O2/c1-13-5-7-16(8-6-13)19-17(21)18-9-4-10-20-11-14(2)22-15(3)12-20/h5-8,14-15H,4,9-12H2,1-3H3,(H2,18,19,21). The van der Waals surface area contributed by atoms with E-state index < -0.39 is 0 Å². The number of nitrogens with zero attached hydrogens (tertiary/aromatic N) is 1. The average molecular weight is 305 g/mol. The summed E-state index contributed by atoms with van der Waals surface area (Å²) >= 11 is 0. The van der Waals surface area contributed by atoms with Gasteiger partial charge >= 0.3 is 6.03 Å². The monoisotopic (exact) mass is 305 g/mol. The Hall–Kier alpha value is -1.59. The summed E-state index contributed by atoms with van der Waals surface area (Å²) in [6.45, 7) is 9.85. The Bertz CT molecular complexity index is 465. The largest absolute Gasteiger partial charge is 0.373 e. The SMILES string of the molecule is Cc1ccc(NC(=O)NCCCN2CC(C)OC(C)C2)cc1. The van der Waals surface area contributed by atoms with E-state index in [9.17, 15) is 4.79 Å². The highest BCUT2D eigenvalue weighted by molar-refractivity contribution is 5.89. The summed E-state index contributed by atoms with van der Waals surface area (Å²) in [6.07, 6.45) is 1.53. The number of carbonyl (C=O) groups is 1. The van der Waals surface area contributed by atoms with Crippen LogP contribution in [-0.2, 0) is 4.74 Å². The van der Waals surface area contributed by atoms with E-state index in [1.54, 1.807) is 0 Å². The molecule has 1 aromatic carbocycles. The van der Waals surface area contributed by atoms with Crippen molar-refractivity contribution in [1.82, 2.24) is 10.2 Å². The third-order valence-electron chi connectivity index (χ3n) is 3.74. The lowest BCUT2D eigenvalue weighted by Crippen LogP contribution is -2.46. The highest BCUT2D eigenvalue weighted by Crippen LogP contribution is 2.10. The van der Waals surface area contributed by atoms with Crippen molar-refractivity contribution in [3.8, 4) is 0 Å². The van der Waals surface area contributed by atoms with Crippen LogP contribution in [0.2, 0.25) is 0 Å². The van der Waals surface area contributed by atoms with Crippen molar-refractivity contribution in [3.63, 3.8) is 0 Å². The summed E-state index contributed by atoms with van der Waals surface area (Å²) in [6, 6.07) is 7.64. The molecule has 0 spiro atoms. The molecular formula is C17H27N3O2. The van der Waals surface area contributed by atoms with E-state index in [2.05, 4.69) is 29.4 Å². The molecule has 2 rings (SSSR count). The fourth-order valence-electron chi connectivity index (χ4n) is 2.78. The molecule has 0 bridgehead atoms.